The number of halogens is 1. The highest BCUT2D eigenvalue weighted by atomic mass is 35.5. The summed E-state index contributed by atoms with van der Waals surface area (Å²) < 4.78 is 0. The quantitative estimate of drug-likeness (QED) is 0.661. The number of nitrogens with zero attached hydrogens (tertiary/aromatic N) is 3. The molecule has 2 unspecified atom stereocenters. The monoisotopic (exact) mass is 314 g/mol. The fourth-order valence-corrected chi connectivity index (χ4v) is 2.34. The topological polar surface area (TPSA) is 88.4 Å². The smallest absolute Gasteiger partial charge is 0.288 e. The van der Waals surface area contributed by atoms with Crippen LogP contribution in [-0.4, -0.2) is 45.9 Å². The van der Waals surface area contributed by atoms with Gasteiger partial charge in [0.1, 0.15) is 6.20 Å². The van der Waals surface area contributed by atoms with Gasteiger partial charge in [-0.2, -0.15) is 0 Å². The number of nitro groups is 1. The van der Waals surface area contributed by atoms with Crippen LogP contribution in [0, 0.1) is 17.0 Å². The second-order valence-electron chi connectivity index (χ2n) is 5.07. The lowest BCUT2D eigenvalue weighted by molar-refractivity contribution is -0.385. The molecular formula is C13H19ClN4O3. The van der Waals surface area contributed by atoms with Crippen LogP contribution in [0.2, 0.25) is 0 Å². The van der Waals surface area contributed by atoms with Gasteiger partial charge in [-0.15, -0.1) is 12.4 Å². The summed E-state index contributed by atoms with van der Waals surface area (Å²) in [6.07, 6.45) is 1.18. The third-order valence-electron chi connectivity index (χ3n) is 3.81. The van der Waals surface area contributed by atoms with Crippen molar-refractivity contribution in [1.29, 1.82) is 0 Å². The van der Waals surface area contributed by atoms with Crippen LogP contribution in [-0.2, 0) is 0 Å². The lowest BCUT2D eigenvalue weighted by Gasteiger charge is -2.38. The van der Waals surface area contributed by atoms with E-state index in [0.29, 0.717) is 17.8 Å². The molecule has 2 atom stereocenters. The minimum Gasteiger partial charge on any atom is -0.333 e. The molecule has 21 heavy (non-hydrogen) atoms. The number of carbonyl (C=O) groups excluding carboxylic acids is 1. The number of nitrogens with one attached hydrogen (secondary N) is 1. The van der Waals surface area contributed by atoms with Gasteiger partial charge in [0.05, 0.1) is 16.2 Å². The molecule has 2 heterocycles. The number of rotatable bonds is 2. The highest BCUT2D eigenvalue weighted by Crippen LogP contribution is 2.19. The van der Waals surface area contributed by atoms with Crippen molar-refractivity contribution in [2.24, 2.45) is 0 Å². The molecule has 0 radical (unpaired) electrons. The lowest BCUT2D eigenvalue weighted by Crippen LogP contribution is -2.57. The first-order chi connectivity index (χ1) is 9.41. The molecule has 1 fully saturated rings. The first kappa shape index (κ1) is 17.3. The van der Waals surface area contributed by atoms with E-state index < -0.39 is 4.92 Å². The van der Waals surface area contributed by atoms with Crippen molar-refractivity contribution in [1.82, 2.24) is 15.2 Å². The summed E-state index contributed by atoms with van der Waals surface area (Å²) in [6.45, 7) is 6.98. The molecule has 1 aliphatic rings. The molecule has 1 saturated heterocycles. The average Bonchev–Trinajstić information content (AvgIpc) is 2.41. The standard InChI is InChI=1S/C13H18N4O3.ClH/c1-8-10(3)16(5-4-14-8)13(18)12-6-11(17(19)20)7-15-9(12)2;/h6-8,10,14H,4-5H2,1-3H3;1H. The van der Waals surface area contributed by atoms with Crippen molar-refractivity contribution in [3.8, 4) is 0 Å². The second-order valence-corrected chi connectivity index (χ2v) is 5.07. The number of aromatic nitrogens is 1. The number of amides is 1. The Morgan fingerprint density at radius 3 is 2.81 bits per heavy atom. The maximum absolute atomic E-state index is 12.6. The Morgan fingerprint density at radius 2 is 2.19 bits per heavy atom. The summed E-state index contributed by atoms with van der Waals surface area (Å²) in [4.78, 5) is 28.6. The van der Waals surface area contributed by atoms with E-state index in [-0.39, 0.29) is 36.1 Å². The van der Waals surface area contributed by atoms with Gasteiger partial charge in [0.15, 0.2) is 0 Å². The molecule has 0 saturated carbocycles. The van der Waals surface area contributed by atoms with Gasteiger partial charge in [-0.25, -0.2) is 0 Å². The minimum atomic E-state index is -0.535. The lowest BCUT2D eigenvalue weighted by atomic mass is 10.0. The van der Waals surface area contributed by atoms with Crippen LogP contribution < -0.4 is 5.32 Å². The predicted octanol–water partition coefficient (Wildman–Crippen LogP) is 1.54. The van der Waals surface area contributed by atoms with Crippen molar-refractivity contribution in [2.45, 2.75) is 32.9 Å². The highest BCUT2D eigenvalue weighted by molar-refractivity contribution is 5.96. The minimum absolute atomic E-state index is 0. The van der Waals surface area contributed by atoms with E-state index in [1.165, 1.54) is 12.3 Å². The van der Waals surface area contributed by atoms with Crippen LogP contribution >= 0.6 is 12.4 Å². The van der Waals surface area contributed by atoms with Gasteiger partial charge in [0.2, 0.25) is 0 Å². The molecule has 8 heteroatoms. The van der Waals surface area contributed by atoms with Crippen molar-refractivity contribution in [3.05, 3.63) is 33.6 Å². The van der Waals surface area contributed by atoms with E-state index in [1.54, 1.807) is 11.8 Å². The van der Waals surface area contributed by atoms with Gasteiger partial charge in [-0.05, 0) is 20.8 Å². The van der Waals surface area contributed by atoms with Crippen molar-refractivity contribution < 1.29 is 9.72 Å². The van der Waals surface area contributed by atoms with Gasteiger partial charge >= 0.3 is 0 Å². The third kappa shape index (κ3) is 3.48. The molecule has 2 rings (SSSR count). The summed E-state index contributed by atoms with van der Waals surface area (Å²) in [7, 11) is 0. The molecule has 1 aromatic rings. The van der Waals surface area contributed by atoms with E-state index in [0.717, 1.165) is 6.54 Å². The zero-order chi connectivity index (χ0) is 14.9. The van der Waals surface area contributed by atoms with E-state index in [4.69, 9.17) is 0 Å². The van der Waals surface area contributed by atoms with Crippen LogP contribution in [0.1, 0.15) is 29.9 Å². The van der Waals surface area contributed by atoms with Crippen molar-refractivity contribution in [2.75, 3.05) is 13.1 Å². The Labute approximate surface area is 129 Å². The molecular weight excluding hydrogens is 296 g/mol. The number of carbonyl (C=O) groups is 1. The fourth-order valence-electron chi connectivity index (χ4n) is 2.34. The van der Waals surface area contributed by atoms with Crippen LogP contribution in [0.4, 0.5) is 5.69 Å². The zero-order valence-corrected chi connectivity index (χ0v) is 13.0. The average molecular weight is 315 g/mol. The maximum atomic E-state index is 12.6. The number of piperazine rings is 1. The molecule has 1 aromatic heterocycles. The third-order valence-corrected chi connectivity index (χ3v) is 3.81. The first-order valence-corrected chi connectivity index (χ1v) is 6.57. The number of pyridine rings is 1. The molecule has 116 valence electrons. The molecule has 1 N–H and O–H groups in total. The van der Waals surface area contributed by atoms with Gasteiger partial charge in [0, 0.05) is 31.2 Å². The number of aryl methyl sites for hydroxylation is 1. The maximum Gasteiger partial charge on any atom is 0.288 e. The summed E-state index contributed by atoms with van der Waals surface area (Å²) in [5, 5.41) is 14.1. The summed E-state index contributed by atoms with van der Waals surface area (Å²) in [5.74, 6) is -0.195. The van der Waals surface area contributed by atoms with Gasteiger partial charge in [0.25, 0.3) is 11.6 Å². The van der Waals surface area contributed by atoms with E-state index in [1.807, 2.05) is 13.8 Å². The van der Waals surface area contributed by atoms with E-state index in [2.05, 4.69) is 10.3 Å². The first-order valence-electron chi connectivity index (χ1n) is 6.57. The molecule has 0 aromatic carbocycles. The van der Waals surface area contributed by atoms with E-state index in [9.17, 15) is 14.9 Å². The molecule has 0 spiro atoms. The molecule has 1 amide bonds. The van der Waals surface area contributed by atoms with Crippen LogP contribution in [0.15, 0.2) is 12.3 Å². The zero-order valence-electron chi connectivity index (χ0n) is 12.2. The molecule has 7 nitrogen and oxygen atoms in total. The number of hydrogen-bond donors (Lipinski definition) is 1. The molecule has 0 bridgehead atoms. The number of hydrogen-bond acceptors (Lipinski definition) is 5. The van der Waals surface area contributed by atoms with Gasteiger partial charge in [-0.1, -0.05) is 0 Å². The largest absolute Gasteiger partial charge is 0.333 e. The van der Waals surface area contributed by atoms with Gasteiger partial charge in [-0.3, -0.25) is 19.9 Å². The molecule has 1 aliphatic heterocycles. The van der Waals surface area contributed by atoms with Gasteiger partial charge < -0.3 is 10.2 Å². The van der Waals surface area contributed by atoms with Crippen molar-refractivity contribution >= 4 is 24.0 Å². The summed E-state index contributed by atoms with van der Waals surface area (Å²) in [5.41, 5.74) is 0.661. The second kappa shape index (κ2) is 6.82. The van der Waals surface area contributed by atoms with Crippen LogP contribution in [0.3, 0.4) is 0 Å². The van der Waals surface area contributed by atoms with Crippen LogP contribution in [0.25, 0.3) is 0 Å². The Hall–Kier alpha value is -1.73. The Balaban J connectivity index is 0.00000220. The predicted molar refractivity (Wildman–Crippen MR) is 80.8 cm³/mol. The summed E-state index contributed by atoms with van der Waals surface area (Å²) in [6, 6.07) is 1.54. The highest BCUT2D eigenvalue weighted by Gasteiger charge is 2.30. The van der Waals surface area contributed by atoms with E-state index >= 15 is 0 Å². The normalized spacial score (nSPS) is 21.6. The Kier molecular flexibility index (Phi) is 5.62. The van der Waals surface area contributed by atoms with Crippen molar-refractivity contribution in [3.63, 3.8) is 0 Å². The SMILES string of the molecule is Cc1ncc([N+](=O)[O-])cc1C(=O)N1CCNC(C)C1C.Cl. The fraction of sp³-hybridized carbons (Fsp3) is 0.538. The Bertz CT molecular complexity index is 552. The van der Waals surface area contributed by atoms with Crippen LogP contribution in [0.5, 0.6) is 0 Å². The summed E-state index contributed by atoms with van der Waals surface area (Å²) >= 11 is 0. The molecule has 0 aliphatic carbocycles. The Morgan fingerprint density at radius 1 is 1.52 bits per heavy atom.